The van der Waals surface area contributed by atoms with Crippen molar-refractivity contribution in [3.8, 4) is 0 Å². The van der Waals surface area contributed by atoms with E-state index in [0.717, 1.165) is 16.0 Å². The van der Waals surface area contributed by atoms with Crippen molar-refractivity contribution in [1.82, 2.24) is 5.32 Å². The average molecular weight is 383 g/mol. The SMILES string of the molecule is Cc1ccccc1C(=O)OCC(=O)N[C@H](c1ccc(F)cc1)c1cccs1. The fraction of sp³-hybridized carbons (Fsp3) is 0.143. The highest BCUT2D eigenvalue weighted by molar-refractivity contribution is 7.10. The standard InChI is InChI=1S/C21H18FNO3S/c1-14-5-2-3-6-17(14)21(25)26-13-19(24)23-20(18-7-4-12-27-18)15-8-10-16(22)11-9-15/h2-12,20H,13H2,1H3,(H,23,24)/t20-/m1/s1. The fourth-order valence-electron chi connectivity index (χ4n) is 2.64. The summed E-state index contributed by atoms with van der Waals surface area (Å²) >= 11 is 1.48. The monoisotopic (exact) mass is 383 g/mol. The van der Waals surface area contributed by atoms with Gasteiger partial charge in [-0.1, -0.05) is 36.4 Å². The van der Waals surface area contributed by atoms with Gasteiger partial charge in [0, 0.05) is 4.88 Å². The lowest BCUT2D eigenvalue weighted by Crippen LogP contribution is -2.32. The average Bonchev–Trinajstić information content (AvgIpc) is 3.20. The number of aryl methyl sites for hydroxylation is 1. The van der Waals surface area contributed by atoms with E-state index in [2.05, 4.69) is 5.32 Å². The van der Waals surface area contributed by atoms with Gasteiger partial charge < -0.3 is 10.1 Å². The summed E-state index contributed by atoms with van der Waals surface area (Å²) in [4.78, 5) is 25.4. The number of benzene rings is 2. The molecule has 0 aliphatic rings. The minimum absolute atomic E-state index is 0.345. The summed E-state index contributed by atoms with van der Waals surface area (Å²) < 4.78 is 18.4. The van der Waals surface area contributed by atoms with E-state index in [1.165, 1.54) is 23.5 Å². The van der Waals surface area contributed by atoms with Crippen LogP contribution in [0.25, 0.3) is 0 Å². The van der Waals surface area contributed by atoms with Gasteiger partial charge >= 0.3 is 5.97 Å². The second-order valence-electron chi connectivity index (χ2n) is 5.96. The lowest BCUT2D eigenvalue weighted by Gasteiger charge is -2.18. The predicted octanol–water partition coefficient (Wildman–Crippen LogP) is 4.26. The molecule has 0 radical (unpaired) electrons. The molecule has 3 rings (SSSR count). The van der Waals surface area contributed by atoms with Gasteiger partial charge in [0.25, 0.3) is 5.91 Å². The number of esters is 1. The van der Waals surface area contributed by atoms with Crippen molar-refractivity contribution < 1.29 is 18.7 Å². The zero-order chi connectivity index (χ0) is 19.2. The van der Waals surface area contributed by atoms with Crippen molar-refractivity contribution in [2.45, 2.75) is 13.0 Å². The molecule has 0 spiro atoms. The molecule has 138 valence electrons. The number of amides is 1. The molecular formula is C21H18FNO3S. The highest BCUT2D eigenvalue weighted by Crippen LogP contribution is 2.26. The van der Waals surface area contributed by atoms with E-state index in [0.29, 0.717) is 5.56 Å². The highest BCUT2D eigenvalue weighted by Gasteiger charge is 2.19. The van der Waals surface area contributed by atoms with Crippen molar-refractivity contribution in [1.29, 1.82) is 0 Å². The molecule has 27 heavy (non-hydrogen) atoms. The number of thiophene rings is 1. The summed E-state index contributed by atoms with van der Waals surface area (Å²) in [6.45, 7) is 1.41. The van der Waals surface area contributed by atoms with Gasteiger partial charge in [0.2, 0.25) is 0 Å². The van der Waals surface area contributed by atoms with Gasteiger partial charge in [-0.05, 0) is 47.7 Å². The van der Waals surface area contributed by atoms with E-state index < -0.39 is 24.5 Å². The minimum Gasteiger partial charge on any atom is -0.452 e. The van der Waals surface area contributed by atoms with Crippen molar-refractivity contribution >= 4 is 23.2 Å². The Hall–Kier alpha value is -2.99. The Bertz CT molecular complexity index is 923. The summed E-state index contributed by atoms with van der Waals surface area (Å²) in [6.07, 6.45) is 0. The van der Waals surface area contributed by atoms with Crippen molar-refractivity contribution in [2.75, 3.05) is 6.61 Å². The van der Waals surface area contributed by atoms with Gasteiger partial charge in [-0.25, -0.2) is 9.18 Å². The molecule has 1 heterocycles. The van der Waals surface area contributed by atoms with E-state index in [1.807, 2.05) is 23.6 Å². The number of ether oxygens (including phenoxy) is 1. The summed E-state index contributed by atoms with van der Waals surface area (Å²) in [6, 6.07) is 16.3. The summed E-state index contributed by atoms with van der Waals surface area (Å²) in [5.41, 5.74) is 1.96. The minimum atomic E-state index is -0.544. The highest BCUT2D eigenvalue weighted by atomic mass is 32.1. The van der Waals surface area contributed by atoms with E-state index in [-0.39, 0.29) is 5.82 Å². The predicted molar refractivity (Wildman–Crippen MR) is 102 cm³/mol. The second-order valence-corrected chi connectivity index (χ2v) is 6.94. The third-order valence-corrected chi connectivity index (χ3v) is 4.97. The molecule has 0 saturated carbocycles. The first-order valence-electron chi connectivity index (χ1n) is 8.35. The Kier molecular flexibility index (Phi) is 5.98. The van der Waals surface area contributed by atoms with Crippen LogP contribution in [0, 0.1) is 12.7 Å². The zero-order valence-electron chi connectivity index (χ0n) is 14.6. The van der Waals surface area contributed by atoms with Crippen molar-refractivity contribution in [3.05, 3.63) is 93.4 Å². The Balaban J connectivity index is 1.67. The van der Waals surface area contributed by atoms with Crippen LogP contribution in [-0.4, -0.2) is 18.5 Å². The van der Waals surface area contributed by atoms with Crippen LogP contribution in [-0.2, 0) is 9.53 Å². The molecule has 0 aliphatic carbocycles. The molecule has 4 nitrogen and oxygen atoms in total. The van der Waals surface area contributed by atoms with E-state index in [9.17, 15) is 14.0 Å². The zero-order valence-corrected chi connectivity index (χ0v) is 15.5. The molecule has 0 unspecified atom stereocenters. The molecule has 1 amide bonds. The largest absolute Gasteiger partial charge is 0.452 e. The summed E-state index contributed by atoms with van der Waals surface area (Å²) in [5.74, 6) is -1.32. The number of hydrogen-bond donors (Lipinski definition) is 1. The Morgan fingerprint density at radius 3 is 2.48 bits per heavy atom. The molecular weight excluding hydrogens is 365 g/mol. The molecule has 0 saturated heterocycles. The van der Waals surface area contributed by atoms with Crippen LogP contribution in [0.4, 0.5) is 4.39 Å². The number of hydrogen-bond acceptors (Lipinski definition) is 4. The summed E-state index contributed by atoms with van der Waals surface area (Å²) in [5, 5.41) is 4.75. The Morgan fingerprint density at radius 1 is 1.07 bits per heavy atom. The molecule has 2 aromatic carbocycles. The van der Waals surface area contributed by atoms with Crippen LogP contribution in [0.15, 0.2) is 66.0 Å². The maximum absolute atomic E-state index is 13.2. The smallest absolute Gasteiger partial charge is 0.338 e. The number of rotatable bonds is 6. The van der Waals surface area contributed by atoms with Gasteiger partial charge in [-0.2, -0.15) is 0 Å². The lowest BCUT2D eigenvalue weighted by molar-refractivity contribution is -0.124. The third kappa shape index (κ3) is 4.80. The molecule has 0 aliphatic heterocycles. The Labute approximate surface area is 160 Å². The molecule has 1 N–H and O–H groups in total. The molecule has 0 bridgehead atoms. The molecule has 6 heteroatoms. The Morgan fingerprint density at radius 2 is 1.81 bits per heavy atom. The van der Waals surface area contributed by atoms with E-state index in [4.69, 9.17) is 4.74 Å². The maximum Gasteiger partial charge on any atom is 0.338 e. The lowest BCUT2D eigenvalue weighted by atomic mass is 10.1. The maximum atomic E-state index is 13.2. The first-order valence-corrected chi connectivity index (χ1v) is 9.23. The van der Waals surface area contributed by atoms with Crippen molar-refractivity contribution in [3.63, 3.8) is 0 Å². The molecule has 3 aromatic rings. The van der Waals surface area contributed by atoms with Gasteiger partial charge in [0.05, 0.1) is 11.6 Å². The van der Waals surface area contributed by atoms with Crippen molar-refractivity contribution in [2.24, 2.45) is 0 Å². The van der Waals surface area contributed by atoms with Gasteiger partial charge in [0.1, 0.15) is 5.82 Å². The topological polar surface area (TPSA) is 55.4 Å². The third-order valence-electron chi connectivity index (χ3n) is 4.04. The normalized spacial score (nSPS) is 11.6. The number of nitrogens with one attached hydrogen (secondary N) is 1. The van der Waals surface area contributed by atoms with Crippen LogP contribution in [0.2, 0.25) is 0 Å². The van der Waals surface area contributed by atoms with Crippen LogP contribution >= 0.6 is 11.3 Å². The van der Waals surface area contributed by atoms with Crippen LogP contribution < -0.4 is 5.32 Å². The molecule has 0 fully saturated rings. The second kappa shape index (κ2) is 8.60. The first kappa shape index (κ1) is 18.8. The van der Waals surface area contributed by atoms with Gasteiger partial charge in [-0.15, -0.1) is 11.3 Å². The number of carbonyl (C=O) groups excluding carboxylic acids is 2. The van der Waals surface area contributed by atoms with Gasteiger partial charge in [-0.3, -0.25) is 4.79 Å². The number of halogens is 1. The van der Waals surface area contributed by atoms with Gasteiger partial charge in [0.15, 0.2) is 6.61 Å². The first-order chi connectivity index (χ1) is 13.0. The number of carbonyl (C=O) groups is 2. The summed E-state index contributed by atoms with van der Waals surface area (Å²) in [7, 11) is 0. The van der Waals surface area contributed by atoms with E-state index in [1.54, 1.807) is 37.3 Å². The fourth-order valence-corrected chi connectivity index (χ4v) is 3.45. The van der Waals surface area contributed by atoms with E-state index >= 15 is 0 Å². The molecule has 1 atom stereocenters. The van der Waals surface area contributed by atoms with Crippen LogP contribution in [0.3, 0.4) is 0 Å². The molecule has 1 aromatic heterocycles. The van der Waals surface area contributed by atoms with Crippen LogP contribution in [0.5, 0.6) is 0 Å². The quantitative estimate of drug-likeness (QED) is 0.647. The van der Waals surface area contributed by atoms with Crippen LogP contribution in [0.1, 0.15) is 32.4 Å².